The highest BCUT2D eigenvalue weighted by atomic mass is 35.5. The maximum Gasteiger partial charge on any atom is 0.389 e. The minimum atomic E-state index is -4.06. The van der Waals surface area contributed by atoms with Crippen LogP contribution in [0.3, 0.4) is 0 Å². The quantitative estimate of drug-likeness (QED) is 0.685. The fraction of sp³-hybridized carbons (Fsp3) is 1.00. The van der Waals surface area contributed by atoms with Gasteiger partial charge < -0.3 is 4.74 Å². The average molecular weight is 245 g/mol. The molecule has 1 saturated heterocycles. The molecule has 0 radical (unpaired) electrons. The molecule has 0 aromatic heterocycles. The lowest BCUT2D eigenvalue weighted by Crippen LogP contribution is -2.37. The van der Waals surface area contributed by atoms with Gasteiger partial charge in [0.05, 0.1) is 5.60 Å². The Morgan fingerprint density at radius 3 is 2.67 bits per heavy atom. The Morgan fingerprint density at radius 1 is 1.47 bits per heavy atom. The fourth-order valence-electron chi connectivity index (χ4n) is 1.90. The SMILES string of the molecule is CC1(CCCC(F)(F)F)CC(Cl)CCO1. The Hall–Kier alpha value is 0.0400. The first-order valence-electron chi connectivity index (χ1n) is 5.16. The molecular formula is C10H16ClF3O. The van der Waals surface area contributed by atoms with Gasteiger partial charge in [-0.15, -0.1) is 11.6 Å². The van der Waals surface area contributed by atoms with E-state index in [0.717, 1.165) is 6.42 Å². The van der Waals surface area contributed by atoms with E-state index >= 15 is 0 Å². The average Bonchev–Trinajstić information content (AvgIpc) is 1.99. The van der Waals surface area contributed by atoms with Crippen LogP contribution in [0.4, 0.5) is 13.2 Å². The molecule has 90 valence electrons. The van der Waals surface area contributed by atoms with Crippen LogP contribution in [-0.2, 0) is 4.74 Å². The minimum Gasteiger partial charge on any atom is -0.375 e. The van der Waals surface area contributed by atoms with Gasteiger partial charge >= 0.3 is 6.18 Å². The second kappa shape index (κ2) is 4.91. The van der Waals surface area contributed by atoms with Crippen LogP contribution in [-0.4, -0.2) is 23.8 Å². The predicted molar refractivity (Wildman–Crippen MR) is 53.1 cm³/mol. The molecule has 1 heterocycles. The van der Waals surface area contributed by atoms with Crippen molar-refractivity contribution in [3.8, 4) is 0 Å². The summed E-state index contributed by atoms with van der Waals surface area (Å²) in [7, 11) is 0. The van der Waals surface area contributed by atoms with Crippen LogP contribution < -0.4 is 0 Å². The zero-order chi connectivity index (χ0) is 11.5. The third kappa shape index (κ3) is 5.07. The van der Waals surface area contributed by atoms with E-state index in [-0.39, 0.29) is 11.8 Å². The zero-order valence-corrected chi connectivity index (χ0v) is 9.50. The Balaban J connectivity index is 2.30. The van der Waals surface area contributed by atoms with Crippen molar-refractivity contribution in [2.45, 2.75) is 56.2 Å². The third-order valence-electron chi connectivity index (χ3n) is 2.70. The maximum atomic E-state index is 11.9. The highest BCUT2D eigenvalue weighted by Crippen LogP contribution is 2.33. The van der Waals surface area contributed by atoms with Crippen LogP contribution in [0.25, 0.3) is 0 Å². The van der Waals surface area contributed by atoms with E-state index in [2.05, 4.69) is 0 Å². The standard InChI is InChI=1S/C10H16ClF3O/c1-9(4-2-5-10(12,13)14)7-8(11)3-6-15-9/h8H,2-7H2,1H3. The van der Waals surface area contributed by atoms with Gasteiger partial charge in [-0.05, 0) is 32.6 Å². The van der Waals surface area contributed by atoms with E-state index in [1.165, 1.54) is 0 Å². The molecule has 0 aliphatic carbocycles. The van der Waals surface area contributed by atoms with Crippen LogP contribution in [0.1, 0.15) is 39.0 Å². The first-order valence-corrected chi connectivity index (χ1v) is 5.59. The summed E-state index contributed by atoms with van der Waals surface area (Å²) in [6.07, 6.45) is -2.83. The summed E-state index contributed by atoms with van der Waals surface area (Å²) in [5.41, 5.74) is -0.462. The highest BCUT2D eigenvalue weighted by molar-refractivity contribution is 6.20. The molecule has 15 heavy (non-hydrogen) atoms. The van der Waals surface area contributed by atoms with E-state index in [0.29, 0.717) is 19.4 Å². The first kappa shape index (κ1) is 13.1. The van der Waals surface area contributed by atoms with Crippen molar-refractivity contribution in [1.29, 1.82) is 0 Å². The van der Waals surface area contributed by atoms with Gasteiger partial charge in [0.25, 0.3) is 0 Å². The molecule has 1 fully saturated rings. The van der Waals surface area contributed by atoms with Gasteiger partial charge in [-0.3, -0.25) is 0 Å². The second-order valence-corrected chi connectivity index (χ2v) is 4.97. The molecular weight excluding hydrogens is 229 g/mol. The van der Waals surface area contributed by atoms with E-state index in [4.69, 9.17) is 16.3 Å². The molecule has 0 aromatic carbocycles. The largest absolute Gasteiger partial charge is 0.389 e. The normalized spacial score (nSPS) is 33.0. The zero-order valence-electron chi connectivity index (χ0n) is 8.74. The molecule has 2 unspecified atom stereocenters. The number of ether oxygens (including phenoxy) is 1. The van der Waals surface area contributed by atoms with Crippen molar-refractivity contribution >= 4 is 11.6 Å². The fourth-order valence-corrected chi connectivity index (χ4v) is 2.32. The summed E-state index contributed by atoms with van der Waals surface area (Å²) in [5.74, 6) is 0. The third-order valence-corrected chi connectivity index (χ3v) is 3.07. The molecule has 5 heteroatoms. The van der Waals surface area contributed by atoms with Crippen LogP contribution in [0, 0.1) is 0 Å². The van der Waals surface area contributed by atoms with Gasteiger partial charge in [0.2, 0.25) is 0 Å². The summed E-state index contributed by atoms with van der Waals surface area (Å²) < 4.78 is 41.3. The molecule has 1 aliphatic heterocycles. The summed E-state index contributed by atoms with van der Waals surface area (Å²) >= 11 is 5.97. The van der Waals surface area contributed by atoms with Gasteiger partial charge in [-0.25, -0.2) is 0 Å². The Labute approximate surface area is 92.9 Å². The number of alkyl halides is 4. The Bertz CT molecular complexity index is 207. The summed E-state index contributed by atoms with van der Waals surface area (Å²) in [4.78, 5) is 0. The summed E-state index contributed by atoms with van der Waals surface area (Å²) in [5, 5.41) is 0.0367. The van der Waals surface area contributed by atoms with Crippen molar-refractivity contribution < 1.29 is 17.9 Å². The molecule has 1 rings (SSSR count). The number of rotatable bonds is 3. The molecule has 2 atom stereocenters. The highest BCUT2D eigenvalue weighted by Gasteiger charge is 2.34. The molecule has 0 amide bonds. The van der Waals surface area contributed by atoms with Crippen LogP contribution >= 0.6 is 11.6 Å². The van der Waals surface area contributed by atoms with Crippen molar-refractivity contribution in [2.24, 2.45) is 0 Å². The van der Waals surface area contributed by atoms with Crippen LogP contribution in [0.15, 0.2) is 0 Å². The maximum absolute atomic E-state index is 11.9. The van der Waals surface area contributed by atoms with Gasteiger partial charge in [-0.1, -0.05) is 0 Å². The molecule has 0 N–H and O–H groups in total. The lowest BCUT2D eigenvalue weighted by molar-refractivity contribution is -0.140. The van der Waals surface area contributed by atoms with Crippen molar-refractivity contribution in [3.05, 3.63) is 0 Å². The molecule has 1 aliphatic rings. The van der Waals surface area contributed by atoms with Gasteiger partial charge in [0.15, 0.2) is 0 Å². The summed E-state index contributed by atoms with van der Waals surface area (Å²) in [6, 6.07) is 0. The van der Waals surface area contributed by atoms with E-state index in [1.807, 2.05) is 6.92 Å². The smallest absolute Gasteiger partial charge is 0.375 e. The van der Waals surface area contributed by atoms with E-state index < -0.39 is 18.2 Å². The molecule has 0 bridgehead atoms. The molecule has 0 saturated carbocycles. The Kier molecular flexibility index (Phi) is 4.29. The minimum absolute atomic E-state index is 0.0367. The van der Waals surface area contributed by atoms with Crippen molar-refractivity contribution in [3.63, 3.8) is 0 Å². The van der Waals surface area contributed by atoms with Gasteiger partial charge in [-0.2, -0.15) is 13.2 Å². The lowest BCUT2D eigenvalue weighted by Gasteiger charge is -2.36. The second-order valence-electron chi connectivity index (χ2n) is 4.36. The van der Waals surface area contributed by atoms with Gasteiger partial charge in [0.1, 0.15) is 0 Å². The van der Waals surface area contributed by atoms with Crippen molar-refractivity contribution in [2.75, 3.05) is 6.61 Å². The van der Waals surface area contributed by atoms with Crippen LogP contribution in [0.5, 0.6) is 0 Å². The summed E-state index contributed by atoms with van der Waals surface area (Å²) in [6.45, 7) is 2.40. The molecule has 1 nitrogen and oxygen atoms in total. The molecule has 0 aromatic rings. The first-order chi connectivity index (χ1) is 6.81. The van der Waals surface area contributed by atoms with Crippen molar-refractivity contribution in [1.82, 2.24) is 0 Å². The number of halogens is 4. The van der Waals surface area contributed by atoms with E-state index in [1.54, 1.807) is 0 Å². The van der Waals surface area contributed by atoms with Crippen LogP contribution in [0.2, 0.25) is 0 Å². The topological polar surface area (TPSA) is 9.23 Å². The number of hydrogen-bond donors (Lipinski definition) is 0. The molecule has 0 spiro atoms. The van der Waals surface area contributed by atoms with Gasteiger partial charge in [0, 0.05) is 18.4 Å². The predicted octanol–water partition coefficient (Wildman–Crippen LogP) is 3.90. The number of hydrogen-bond acceptors (Lipinski definition) is 1. The monoisotopic (exact) mass is 244 g/mol. The lowest BCUT2D eigenvalue weighted by atomic mass is 9.90. The Morgan fingerprint density at radius 2 is 2.13 bits per heavy atom. The van der Waals surface area contributed by atoms with E-state index in [9.17, 15) is 13.2 Å².